The molecule has 1 saturated heterocycles. The molecule has 1 aliphatic rings. The number of amides is 1. The molecule has 0 aliphatic carbocycles. The summed E-state index contributed by atoms with van der Waals surface area (Å²) in [5, 5.41) is 3.49. The number of piperidine rings is 1. The molecule has 1 unspecified atom stereocenters. The van der Waals surface area contributed by atoms with Crippen LogP contribution >= 0.6 is 0 Å². The maximum atomic E-state index is 12.8. The Balaban J connectivity index is 1.53. The molecule has 0 bridgehead atoms. The van der Waals surface area contributed by atoms with Crippen molar-refractivity contribution in [2.45, 2.75) is 32.7 Å². The molecule has 3 aromatic rings. The van der Waals surface area contributed by atoms with Gasteiger partial charge in [0.15, 0.2) is 0 Å². The minimum absolute atomic E-state index is 0.0703. The number of anilines is 1. The number of aryl methyl sites for hydroxylation is 1. The van der Waals surface area contributed by atoms with Crippen molar-refractivity contribution in [3.05, 3.63) is 89.4 Å². The highest BCUT2D eigenvalue weighted by Gasteiger charge is 2.22. The number of rotatable bonds is 5. The standard InChI is InChI=1S/C25H28N4O/c1-18-11-14-29(15-12-18)25(30)21-9-10-23(27-17-21)28-24(22-8-3-4-13-26-22)20-7-5-6-19(2)16-20/h3-10,13,16-18,24H,11-12,14-15H2,1-2H3,(H,27,28). The molecule has 5 heteroatoms. The van der Waals surface area contributed by atoms with Gasteiger partial charge < -0.3 is 10.2 Å². The van der Waals surface area contributed by atoms with Crippen molar-refractivity contribution in [1.82, 2.24) is 14.9 Å². The maximum absolute atomic E-state index is 12.8. The average Bonchev–Trinajstić information content (AvgIpc) is 2.78. The fraction of sp³-hybridized carbons (Fsp3) is 0.320. The number of carbonyl (C=O) groups excluding carboxylic acids is 1. The number of carbonyl (C=O) groups is 1. The summed E-state index contributed by atoms with van der Waals surface area (Å²) >= 11 is 0. The summed E-state index contributed by atoms with van der Waals surface area (Å²) in [6, 6.07) is 17.9. The minimum Gasteiger partial charge on any atom is -0.358 e. The van der Waals surface area contributed by atoms with Crippen LogP contribution in [0.25, 0.3) is 0 Å². The van der Waals surface area contributed by atoms with E-state index in [4.69, 9.17) is 0 Å². The first kappa shape index (κ1) is 20.1. The SMILES string of the molecule is Cc1cccc(C(Nc2ccc(C(=O)N3CCC(C)CC3)cn2)c2ccccn2)c1. The summed E-state index contributed by atoms with van der Waals surface area (Å²) < 4.78 is 0. The quantitative estimate of drug-likeness (QED) is 0.665. The minimum atomic E-state index is -0.122. The largest absolute Gasteiger partial charge is 0.358 e. The van der Waals surface area contributed by atoms with Gasteiger partial charge in [-0.1, -0.05) is 42.8 Å². The van der Waals surface area contributed by atoms with Gasteiger partial charge in [-0.25, -0.2) is 4.98 Å². The maximum Gasteiger partial charge on any atom is 0.255 e. The number of aromatic nitrogens is 2. The van der Waals surface area contributed by atoms with E-state index in [-0.39, 0.29) is 11.9 Å². The third-order valence-corrected chi connectivity index (χ3v) is 5.73. The second-order valence-corrected chi connectivity index (χ2v) is 8.15. The van der Waals surface area contributed by atoms with Crippen LogP contribution in [0.3, 0.4) is 0 Å². The zero-order chi connectivity index (χ0) is 20.9. The van der Waals surface area contributed by atoms with Gasteiger partial charge in [0.05, 0.1) is 17.3 Å². The fourth-order valence-corrected chi connectivity index (χ4v) is 3.87. The molecular weight excluding hydrogens is 372 g/mol. The Kier molecular flexibility index (Phi) is 6.07. The molecule has 1 aromatic carbocycles. The van der Waals surface area contributed by atoms with Gasteiger partial charge in [-0.15, -0.1) is 0 Å². The van der Waals surface area contributed by atoms with E-state index >= 15 is 0 Å². The van der Waals surface area contributed by atoms with Crippen molar-refractivity contribution in [3.63, 3.8) is 0 Å². The van der Waals surface area contributed by atoms with Gasteiger partial charge in [-0.3, -0.25) is 9.78 Å². The summed E-state index contributed by atoms with van der Waals surface area (Å²) in [6.45, 7) is 5.99. The number of hydrogen-bond acceptors (Lipinski definition) is 4. The van der Waals surface area contributed by atoms with Crippen LogP contribution in [0.15, 0.2) is 67.0 Å². The lowest BCUT2D eigenvalue weighted by Gasteiger charge is -2.30. The van der Waals surface area contributed by atoms with Crippen molar-refractivity contribution in [2.24, 2.45) is 5.92 Å². The van der Waals surface area contributed by atoms with Crippen LogP contribution in [0.4, 0.5) is 5.82 Å². The molecule has 4 rings (SSSR count). The van der Waals surface area contributed by atoms with Crippen molar-refractivity contribution < 1.29 is 4.79 Å². The van der Waals surface area contributed by atoms with Crippen molar-refractivity contribution in [1.29, 1.82) is 0 Å². The van der Waals surface area contributed by atoms with Gasteiger partial charge >= 0.3 is 0 Å². The molecule has 1 atom stereocenters. The van der Waals surface area contributed by atoms with Gasteiger partial charge in [0.1, 0.15) is 5.82 Å². The molecule has 0 saturated carbocycles. The molecule has 1 fully saturated rings. The van der Waals surface area contributed by atoms with Gasteiger partial charge in [-0.2, -0.15) is 0 Å². The summed E-state index contributed by atoms with van der Waals surface area (Å²) in [5.74, 6) is 1.49. The Morgan fingerprint density at radius 1 is 1.07 bits per heavy atom. The Hall–Kier alpha value is -3.21. The highest BCUT2D eigenvalue weighted by molar-refractivity contribution is 5.94. The summed E-state index contributed by atoms with van der Waals surface area (Å²) in [7, 11) is 0. The predicted octanol–water partition coefficient (Wildman–Crippen LogP) is 4.86. The van der Waals surface area contributed by atoms with E-state index < -0.39 is 0 Å². The van der Waals surface area contributed by atoms with E-state index in [9.17, 15) is 4.79 Å². The van der Waals surface area contributed by atoms with Crippen LogP contribution in [0, 0.1) is 12.8 Å². The number of likely N-dealkylation sites (tertiary alicyclic amines) is 1. The molecule has 1 aliphatic heterocycles. The molecule has 5 nitrogen and oxygen atoms in total. The lowest BCUT2D eigenvalue weighted by Crippen LogP contribution is -2.37. The van der Waals surface area contributed by atoms with Crippen molar-refractivity contribution in [3.8, 4) is 0 Å². The van der Waals surface area contributed by atoms with Crippen LogP contribution in [0.5, 0.6) is 0 Å². The molecule has 1 amide bonds. The van der Waals surface area contributed by atoms with Gasteiger partial charge in [0, 0.05) is 25.5 Å². The molecule has 3 heterocycles. The van der Waals surface area contributed by atoms with Crippen LogP contribution < -0.4 is 5.32 Å². The third-order valence-electron chi connectivity index (χ3n) is 5.73. The van der Waals surface area contributed by atoms with Crippen LogP contribution in [0.1, 0.15) is 53.0 Å². The van der Waals surface area contributed by atoms with E-state index in [0.717, 1.165) is 43.0 Å². The van der Waals surface area contributed by atoms with E-state index in [0.29, 0.717) is 11.5 Å². The predicted molar refractivity (Wildman–Crippen MR) is 119 cm³/mol. The average molecular weight is 401 g/mol. The van der Waals surface area contributed by atoms with E-state index in [2.05, 4.69) is 53.4 Å². The van der Waals surface area contributed by atoms with Gasteiger partial charge in [0.2, 0.25) is 0 Å². The molecule has 2 aromatic heterocycles. The number of nitrogens with zero attached hydrogens (tertiary/aromatic N) is 3. The van der Waals surface area contributed by atoms with Crippen molar-refractivity contribution in [2.75, 3.05) is 18.4 Å². The zero-order valence-electron chi connectivity index (χ0n) is 17.6. The third kappa shape index (κ3) is 4.67. The summed E-state index contributed by atoms with van der Waals surface area (Å²) in [4.78, 5) is 23.8. The molecule has 30 heavy (non-hydrogen) atoms. The van der Waals surface area contributed by atoms with Crippen molar-refractivity contribution >= 4 is 11.7 Å². The van der Waals surface area contributed by atoms with E-state index in [1.54, 1.807) is 12.4 Å². The number of benzene rings is 1. The second kappa shape index (κ2) is 9.08. The first-order valence-corrected chi connectivity index (χ1v) is 10.6. The molecule has 0 radical (unpaired) electrons. The summed E-state index contributed by atoms with van der Waals surface area (Å²) in [5.41, 5.74) is 3.88. The molecule has 1 N–H and O–H groups in total. The summed E-state index contributed by atoms with van der Waals surface area (Å²) in [6.07, 6.45) is 5.62. The Morgan fingerprint density at radius 2 is 1.90 bits per heavy atom. The van der Waals surface area contributed by atoms with E-state index in [1.807, 2.05) is 35.2 Å². The van der Waals surface area contributed by atoms with E-state index in [1.165, 1.54) is 5.56 Å². The first-order chi connectivity index (χ1) is 14.6. The first-order valence-electron chi connectivity index (χ1n) is 10.6. The Morgan fingerprint density at radius 3 is 2.57 bits per heavy atom. The topological polar surface area (TPSA) is 58.1 Å². The highest BCUT2D eigenvalue weighted by Crippen LogP contribution is 2.25. The lowest BCUT2D eigenvalue weighted by atomic mass is 9.99. The van der Waals surface area contributed by atoms with Crippen LogP contribution in [-0.4, -0.2) is 33.9 Å². The monoisotopic (exact) mass is 400 g/mol. The smallest absolute Gasteiger partial charge is 0.255 e. The second-order valence-electron chi connectivity index (χ2n) is 8.15. The molecule has 154 valence electrons. The number of nitrogens with one attached hydrogen (secondary N) is 1. The molecule has 0 spiro atoms. The lowest BCUT2D eigenvalue weighted by molar-refractivity contribution is 0.0697. The van der Waals surface area contributed by atoms with Gasteiger partial charge in [0.25, 0.3) is 5.91 Å². The normalized spacial score (nSPS) is 15.6. The van der Waals surface area contributed by atoms with Crippen LogP contribution in [0.2, 0.25) is 0 Å². The Labute approximate surface area is 178 Å². The fourth-order valence-electron chi connectivity index (χ4n) is 3.87. The zero-order valence-corrected chi connectivity index (χ0v) is 17.6. The van der Waals surface area contributed by atoms with Gasteiger partial charge in [-0.05, 0) is 55.5 Å². The number of hydrogen-bond donors (Lipinski definition) is 1. The molecular formula is C25H28N4O. The highest BCUT2D eigenvalue weighted by atomic mass is 16.2. The number of pyridine rings is 2. The van der Waals surface area contributed by atoms with Crippen LogP contribution in [-0.2, 0) is 0 Å². The Bertz CT molecular complexity index is 980.